The van der Waals surface area contributed by atoms with Crippen molar-refractivity contribution in [2.75, 3.05) is 0 Å². The van der Waals surface area contributed by atoms with Gasteiger partial charge >= 0.3 is 11.9 Å². The molecule has 0 amide bonds. The molecule has 0 aromatic heterocycles. The van der Waals surface area contributed by atoms with Crippen molar-refractivity contribution in [2.24, 2.45) is 0 Å². The van der Waals surface area contributed by atoms with E-state index in [-0.39, 0.29) is 12.4 Å². The Labute approximate surface area is 176 Å². The van der Waals surface area contributed by atoms with Crippen molar-refractivity contribution in [3.05, 3.63) is 47.6 Å². The molecule has 5 nitrogen and oxygen atoms in total. The van der Waals surface area contributed by atoms with E-state index >= 15 is 0 Å². The molecule has 0 spiro atoms. The van der Waals surface area contributed by atoms with E-state index in [0.29, 0.717) is 6.42 Å². The number of carbonyl (C=O) groups excluding carboxylic acids is 2. The van der Waals surface area contributed by atoms with Gasteiger partial charge in [0, 0.05) is 26.7 Å². The molecular weight excluding hydrogens is 368 g/mol. The van der Waals surface area contributed by atoms with Gasteiger partial charge in [-0.25, -0.2) is 0 Å². The lowest BCUT2D eigenvalue weighted by Gasteiger charge is -2.24. The largest absolute Gasteiger partial charge is 0.458 e. The van der Waals surface area contributed by atoms with Crippen LogP contribution in [-0.2, 0) is 19.1 Å². The Balaban J connectivity index is 5.35. The molecule has 5 heteroatoms. The summed E-state index contributed by atoms with van der Waals surface area (Å²) in [7, 11) is 0. The molecule has 0 aliphatic heterocycles. The lowest BCUT2D eigenvalue weighted by atomic mass is 9.96. The Bertz CT molecular complexity index is 648. The van der Waals surface area contributed by atoms with E-state index in [4.69, 9.17) is 9.47 Å². The molecule has 0 aliphatic carbocycles. The maximum absolute atomic E-state index is 11.5. The van der Waals surface area contributed by atoms with Crippen molar-refractivity contribution < 1.29 is 24.2 Å². The number of aliphatic hydroxyl groups is 1. The Kier molecular flexibility index (Phi) is 12.2. The molecule has 1 N–H and O–H groups in total. The van der Waals surface area contributed by atoms with Gasteiger partial charge in [-0.1, -0.05) is 28.9 Å². The molecule has 0 bridgehead atoms. The molecule has 0 aromatic rings. The smallest absolute Gasteiger partial charge is 0.303 e. The van der Waals surface area contributed by atoms with Crippen LogP contribution in [0, 0.1) is 0 Å². The van der Waals surface area contributed by atoms with E-state index < -0.39 is 23.8 Å². The number of carbonyl (C=O) groups is 2. The van der Waals surface area contributed by atoms with Gasteiger partial charge < -0.3 is 14.6 Å². The van der Waals surface area contributed by atoms with Gasteiger partial charge in [-0.05, 0) is 59.6 Å². The molecular formula is C24H38O5. The lowest BCUT2D eigenvalue weighted by molar-refractivity contribution is -0.146. The summed E-state index contributed by atoms with van der Waals surface area (Å²) in [5.41, 5.74) is 2.16. The van der Waals surface area contributed by atoms with Crippen LogP contribution in [0.25, 0.3) is 0 Å². The first kappa shape index (κ1) is 26.9. The van der Waals surface area contributed by atoms with Crippen molar-refractivity contribution in [3.63, 3.8) is 0 Å². The number of allylic oxidation sites excluding steroid dienone is 3. The van der Waals surface area contributed by atoms with Crippen molar-refractivity contribution in [3.8, 4) is 0 Å². The van der Waals surface area contributed by atoms with Crippen molar-refractivity contribution in [2.45, 2.75) is 92.0 Å². The van der Waals surface area contributed by atoms with E-state index in [1.54, 1.807) is 13.0 Å². The number of esters is 2. The third kappa shape index (κ3) is 14.5. The molecule has 0 saturated heterocycles. The predicted octanol–water partition coefficient (Wildman–Crippen LogP) is 5.21. The zero-order valence-corrected chi connectivity index (χ0v) is 19.1. The molecule has 0 fully saturated rings. The van der Waals surface area contributed by atoms with Crippen molar-refractivity contribution in [1.29, 1.82) is 0 Å². The first-order valence-electron chi connectivity index (χ1n) is 10.0. The summed E-state index contributed by atoms with van der Waals surface area (Å²) in [5.74, 6) is -0.771. The Morgan fingerprint density at radius 1 is 0.966 bits per heavy atom. The quantitative estimate of drug-likeness (QED) is 0.356. The van der Waals surface area contributed by atoms with Crippen molar-refractivity contribution >= 4 is 11.9 Å². The number of ether oxygens (including phenoxy) is 2. The molecule has 0 heterocycles. The zero-order chi connectivity index (χ0) is 22.6. The van der Waals surface area contributed by atoms with Gasteiger partial charge in [0.1, 0.15) is 12.2 Å². The van der Waals surface area contributed by atoms with E-state index in [9.17, 15) is 14.7 Å². The summed E-state index contributed by atoms with van der Waals surface area (Å²) >= 11 is 0. The molecule has 0 aromatic carbocycles. The summed E-state index contributed by atoms with van der Waals surface area (Å²) < 4.78 is 10.8. The summed E-state index contributed by atoms with van der Waals surface area (Å²) in [4.78, 5) is 22.9. The highest BCUT2D eigenvalue weighted by atomic mass is 16.5. The summed E-state index contributed by atoms with van der Waals surface area (Å²) in [6.07, 6.45) is 8.89. The van der Waals surface area contributed by atoms with Gasteiger partial charge in [0.25, 0.3) is 0 Å². The van der Waals surface area contributed by atoms with Gasteiger partial charge in [-0.15, -0.1) is 6.58 Å². The van der Waals surface area contributed by atoms with Crippen molar-refractivity contribution in [1.82, 2.24) is 0 Å². The molecule has 29 heavy (non-hydrogen) atoms. The van der Waals surface area contributed by atoms with E-state index in [2.05, 4.69) is 26.5 Å². The number of hydrogen-bond acceptors (Lipinski definition) is 5. The summed E-state index contributed by atoms with van der Waals surface area (Å²) in [5, 5.41) is 10.2. The highest BCUT2D eigenvalue weighted by Crippen LogP contribution is 2.21. The molecule has 164 valence electrons. The van der Waals surface area contributed by atoms with Gasteiger partial charge in [-0.2, -0.15) is 0 Å². The first-order chi connectivity index (χ1) is 13.3. The fourth-order valence-electron chi connectivity index (χ4n) is 2.88. The third-order valence-electron chi connectivity index (χ3n) is 4.24. The van der Waals surface area contributed by atoms with Crippen LogP contribution in [0.3, 0.4) is 0 Å². The minimum absolute atomic E-state index is 0.198. The Morgan fingerprint density at radius 2 is 1.48 bits per heavy atom. The fourth-order valence-corrected chi connectivity index (χ4v) is 2.88. The Hall–Kier alpha value is -2.14. The third-order valence-corrected chi connectivity index (χ3v) is 4.24. The second-order valence-corrected chi connectivity index (χ2v) is 8.11. The second-order valence-electron chi connectivity index (χ2n) is 8.11. The average Bonchev–Trinajstić information content (AvgIpc) is 2.52. The normalized spacial score (nSPS) is 16.3. The second kappa shape index (κ2) is 13.2. The first-order valence-corrected chi connectivity index (χ1v) is 10.0. The average molecular weight is 407 g/mol. The minimum Gasteiger partial charge on any atom is -0.458 e. The standard InChI is InChI=1S/C24H38O5/c1-9-24(8,27)16-23(29-21(7)26)15-19(5)14-22(28-20(6)25)13-18(4)12-10-11-17(2)3/h9,11,13,15,22-23,27H,1,10,12,14,16H2,2-8H3/b18-13+,19-15+/t22-,23-,24+/m1/s1. The van der Waals surface area contributed by atoms with E-state index in [1.165, 1.54) is 25.5 Å². The van der Waals surface area contributed by atoms with Crippen LogP contribution in [0.5, 0.6) is 0 Å². The summed E-state index contributed by atoms with van der Waals surface area (Å²) in [6.45, 7) is 16.0. The lowest BCUT2D eigenvalue weighted by Crippen LogP contribution is -2.29. The van der Waals surface area contributed by atoms with E-state index in [0.717, 1.165) is 24.0 Å². The van der Waals surface area contributed by atoms with Crippen LogP contribution < -0.4 is 0 Å². The van der Waals surface area contributed by atoms with Gasteiger partial charge in [-0.3, -0.25) is 9.59 Å². The van der Waals surface area contributed by atoms with Gasteiger partial charge in [0.15, 0.2) is 0 Å². The number of rotatable bonds is 12. The molecule has 0 radical (unpaired) electrons. The maximum Gasteiger partial charge on any atom is 0.303 e. The van der Waals surface area contributed by atoms with Crippen LogP contribution >= 0.6 is 0 Å². The molecule has 0 unspecified atom stereocenters. The maximum atomic E-state index is 11.5. The Morgan fingerprint density at radius 3 is 1.97 bits per heavy atom. The highest BCUT2D eigenvalue weighted by Gasteiger charge is 2.23. The zero-order valence-electron chi connectivity index (χ0n) is 19.1. The topological polar surface area (TPSA) is 72.8 Å². The fraction of sp³-hybridized carbons (Fsp3) is 0.583. The highest BCUT2D eigenvalue weighted by molar-refractivity contribution is 5.66. The molecule has 3 atom stereocenters. The predicted molar refractivity (Wildman–Crippen MR) is 117 cm³/mol. The molecule has 0 rings (SSSR count). The van der Waals surface area contributed by atoms with Crippen LogP contribution in [0.4, 0.5) is 0 Å². The monoisotopic (exact) mass is 406 g/mol. The summed E-state index contributed by atoms with van der Waals surface area (Å²) in [6, 6.07) is 0. The van der Waals surface area contributed by atoms with Gasteiger partial charge in [0.2, 0.25) is 0 Å². The minimum atomic E-state index is -1.16. The van der Waals surface area contributed by atoms with Crippen LogP contribution in [-0.4, -0.2) is 34.9 Å². The van der Waals surface area contributed by atoms with Crippen LogP contribution in [0.1, 0.15) is 74.1 Å². The number of hydrogen-bond donors (Lipinski definition) is 1. The van der Waals surface area contributed by atoms with Crippen LogP contribution in [0.15, 0.2) is 47.6 Å². The van der Waals surface area contributed by atoms with E-state index in [1.807, 2.05) is 19.9 Å². The molecule has 0 aliphatic rings. The van der Waals surface area contributed by atoms with Crippen LogP contribution in [0.2, 0.25) is 0 Å². The SMILES string of the molecule is C=C[C@](C)(O)C[C@@H](/C=C(\C)C[C@@H](/C=C(\C)CCC=C(C)C)OC(C)=O)OC(C)=O. The van der Waals surface area contributed by atoms with Gasteiger partial charge in [0.05, 0.1) is 5.60 Å². The molecule has 0 saturated carbocycles.